The molecule has 0 spiro atoms. The number of benzene rings is 1. The number of hydrogen-bond acceptors (Lipinski definition) is 3. The van der Waals surface area contributed by atoms with Crippen LogP contribution in [0, 0.1) is 0 Å². The maximum Gasteiger partial charge on any atom is 0.0948 e. The van der Waals surface area contributed by atoms with Gasteiger partial charge in [-0.15, -0.1) is 0 Å². The number of thiocarbonyl (C=S) groups is 1. The lowest BCUT2D eigenvalue weighted by Gasteiger charge is -2.30. The monoisotopic (exact) mass is 283 g/mol. The third-order valence-electron chi connectivity index (χ3n) is 3.21. The van der Waals surface area contributed by atoms with E-state index in [2.05, 4.69) is 10.2 Å². The van der Waals surface area contributed by atoms with Gasteiger partial charge in [0.15, 0.2) is 0 Å². The molecule has 0 radical (unpaired) electrons. The summed E-state index contributed by atoms with van der Waals surface area (Å²) < 4.78 is 0. The Balaban J connectivity index is 2.27. The normalized spacial score (nSPS) is 19.2. The molecule has 1 unspecified atom stereocenters. The molecule has 2 rings (SSSR count). The lowest BCUT2D eigenvalue weighted by Crippen LogP contribution is -2.39. The molecular weight excluding hydrogens is 266 g/mol. The lowest BCUT2D eigenvalue weighted by molar-refractivity contribution is 0.262. The summed E-state index contributed by atoms with van der Waals surface area (Å²) in [6.45, 7) is 3.93. The molecule has 0 amide bonds. The van der Waals surface area contributed by atoms with E-state index < -0.39 is 0 Å². The van der Waals surface area contributed by atoms with Gasteiger partial charge in [0.05, 0.1) is 11.0 Å². The van der Waals surface area contributed by atoms with Gasteiger partial charge >= 0.3 is 0 Å². The van der Waals surface area contributed by atoms with Crippen LogP contribution in [0.5, 0.6) is 0 Å². The molecule has 1 aromatic rings. The third-order valence-corrected chi connectivity index (χ3v) is 3.78. The minimum atomic E-state index is -0.0615. The van der Waals surface area contributed by atoms with Crippen LogP contribution < -0.4 is 11.1 Å². The van der Waals surface area contributed by atoms with E-state index in [1.165, 1.54) is 0 Å². The second-order valence-electron chi connectivity index (χ2n) is 4.47. The molecule has 98 valence electrons. The van der Waals surface area contributed by atoms with E-state index >= 15 is 0 Å². The van der Waals surface area contributed by atoms with Gasteiger partial charge in [-0.2, -0.15) is 0 Å². The zero-order valence-electron chi connectivity index (χ0n) is 10.2. The number of rotatable bonds is 3. The first-order chi connectivity index (χ1) is 8.70. The Bertz CT molecular complexity index is 416. The zero-order valence-corrected chi connectivity index (χ0v) is 11.8. The highest BCUT2D eigenvalue weighted by Gasteiger charge is 2.25. The Morgan fingerprint density at radius 2 is 2.11 bits per heavy atom. The molecule has 0 aliphatic carbocycles. The van der Waals surface area contributed by atoms with Crippen molar-refractivity contribution in [2.24, 2.45) is 5.73 Å². The van der Waals surface area contributed by atoms with Crippen molar-refractivity contribution in [1.82, 2.24) is 10.2 Å². The SMILES string of the molecule is NC(=S)C(c1ccccc1Cl)N1CCCNCC1. The molecule has 0 bridgehead atoms. The lowest BCUT2D eigenvalue weighted by atomic mass is 10.0. The Labute approximate surface area is 118 Å². The number of nitrogens with two attached hydrogens (primary N) is 1. The van der Waals surface area contributed by atoms with E-state index in [9.17, 15) is 0 Å². The van der Waals surface area contributed by atoms with E-state index in [1.54, 1.807) is 0 Å². The Morgan fingerprint density at radius 1 is 1.33 bits per heavy atom. The molecule has 0 saturated carbocycles. The quantitative estimate of drug-likeness (QED) is 0.832. The Hall–Kier alpha value is -0.680. The highest BCUT2D eigenvalue weighted by molar-refractivity contribution is 7.80. The van der Waals surface area contributed by atoms with Crippen molar-refractivity contribution >= 4 is 28.8 Å². The number of nitrogens with zero attached hydrogens (tertiary/aromatic N) is 1. The molecule has 5 heteroatoms. The van der Waals surface area contributed by atoms with Gasteiger partial charge in [0.1, 0.15) is 0 Å². The van der Waals surface area contributed by atoms with Gasteiger partial charge in [0.25, 0.3) is 0 Å². The predicted molar refractivity (Wildman–Crippen MR) is 80.0 cm³/mol. The van der Waals surface area contributed by atoms with Gasteiger partial charge < -0.3 is 11.1 Å². The van der Waals surface area contributed by atoms with Gasteiger partial charge in [-0.05, 0) is 24.6 Å². The van der Waals surface area contributed by atoms with E-state index in [1.807, 2.05) is 24.3 Å². The molecular formula is C13H18ClN3S. The van der Waals surface area contributed by atoms with Gasteiger partial charge in [-0.3, -0.25) is 4.90 Å². The van der Waals surface area contributed by atoms with Crippen molar-refractivity contribution < 1.29 is 0 Å². The molecule has 3 N–H and O–H groups in total. The fraction of sp³-hybridized carbons (Fsp3) is 0.462. The predicted octanol–water partition coefficient (Wildman–Crippen LogP) is 1.96. The molecule has 3 nitrogen and oxygen atoms in total. The molecule has 1 heterocycles. The van der Waals surface area contributed by atoms with E-state index in [4.69, 9.17) is 29.6 Å². The van der Waals surface area contributed by atoms with Crippen LogP contribution in [0.1, 0.15) is 18.0 Å². The number of nitrogens with one attached hydrogen (secondary N) is 1. The van der Waals surface area contributed by atoms with Crippen LogP contribution >= 0.6 is 23.8 Å². The summed E-state index contributed by atoms with van der Waals surface area (Å²) in [5, 5.41) is 4.11. The fourth-order valence-electron chi connectivity index (χ4n) is 2.35. The maximum absolute atomic E-state index is 6.27. The van der Waals surface area contributed by atoms with Gasteiger partial charge in [0.2, 0.25) is 0 Å². The summed E-state index contributed by atoms with van der Waals surface area (Å²) in [5.74, 6) is 0. The zero-order chi connectivity index (χ0) is 13.0. The Kier molecular flexibility index (Phi) is 4.95. The molecule has 1 aliphatic rings. The average molecular weight is 284 g/mol. The van der Waals surface area contributed by atoms with E-state index in [-0.39, 0.29) is 6.04 Å². The van der Waals surface area contributed by atoms with Crippen molar-refractivity contribution in [2.75, 3.05) is 26.2 Å². The van der Waals surface area contributed by atoms with E-state index in [0.29, 0.717) is 4.99 Å². The summed E-state index contributed by atoms with van der Waals surface area (Å²) in [6, 6.07) is 7.73. The third kappa shape index (κ3) is 3.20. The highest BCUT2D eigenvalue weighted by atomic mass is 35.5. The van der Waals surface area contributed by atoms with Crippen LogP contribution in [0.3, 0.4) is 0 Å². The summed E-state index contributed by atoms with van der Waals surface area (Å²) in [4.78, 5) is 2.80. The van der Waals surface area contributed by atoms with Gasteiger partial charge in [0, 0.05) is 24.7 Å². The topological polar surface area (TPSA) is 41.3 Å². The standard InChI is InChI=1S/C13H18ClN3S/c14-11-5-2-1-4-10(11)12(13(15)18)17-8-3-6-16-7-9-17/h1-2,4-5,12,16H,3,6-9H2,(H2,15,18). The van der Waals surface area contributed by atoms with Crippen molar-refractivity contribution in [1.29, 1.82) is 0 Å². The molecule has 1 saturated heterocycles. The molecule has 1 aromatic carbocycles. The summed E-state index contributed by atoms with van der Waals surface area (Å²) in [6.07, 6.45) is 1.10. The first-order valence-corrected chi connectivity index (χ1v) is 6.97. The van der Waals surface area contributed by atoms with Crippen molar-refractivity contribution in [2.45, 2.75) is 12.5 Å². The average Bonchev–Trinajstić information content (AvgIpc) is 2.60. The maximum atomic E-state index is 6.27. The second kappa shape index (κ2) is 6.48. The minimum Gasteiger partial charge on any atom is -0.392 e. The molecule has 1 fully saturated rings. The molecule has 18 heavy (non-hydrogen) atoms. The fourth-order valence-corrected chi connectivity index (χ4v) is 2.87. The largest absolute Gasteiger partial charge is 0.392 e. The van der Waals surface area contributed by atoms with Gasteiger partial charge in [-0.25, -0.2) is 0 Å². The Morgan fingerprint density at radius 3 is 2.83 bits per heavy atom. The first kappa shape index (κ1) is 13.7. The number of halogens is 1. The molecule has 1 aliphatic heterocycles. The van der Waals surface area contributed by atoms with Crippen LogP contribution in [0.15, 0.2) is 24.3 Å². The molecule has 1 atom stereocenters. The summed E-state index contributed by atoms with van der Waals surface area (Å²) >= 11 is 11.5. The van der Waals surface area contributed by atoms with Crippen LogP contribution in [0.4, 0.5) is 0 Å². The van der Waals surface area contributed by atoms with Crippen molar-refractivity contribution in [3.05, 3.63) is 34.9 Å². The van der Waals surface area contributed by atoms with Crippen LogP contribution in [0.25, 0.3) is 0 Å². The second-order valence-corrected chi connectivity index (χ2v) is 5.34. The highest BCUT2D eigenvalue weighted by Crippen LogP contribution is 2.28. The van der Waals surface area contributed by atoms with Crippen molar-refractivity contribution in [3.63, 3.8) is 0 Å². The van der Waals surface area contributed by atoms with Crippen LogP contribution in [0.2, 0.25) is 5.02 Å². The number of hydrogen-bond donors (Lipinski definition) is 2. The van der Waals surface area contributed by atoms with Crippen LogP contribution in [-0.2, 0) is 0 Å². The van der Waals surface area contributed by atoms with Crippen molar-refractivity contribution in [3.8, 4) is 0 Å². The van der Waals surface area contributed by atoms with Gasteiger partial charge in [-0.1, -0.05) is 42.0 Å². The first-order valence-electron chi connectivity index (χ1n) is 6.18. The van der Waals surface area contributed by atoms with E-state index in [0.717, 1.165) is 43.2 Å². The molecule has 0 aromatic heterocycles. The minimum absolute atomic E-state index is 0.0615. The summed E-state index contributed by atoms with van der Waals surface area (Å²) in [7, 11) is 0. The van der Waals surface area contributed by atoms with Crippen LogP contribution in [-0.4, -0.2) is 36.1 Å². The summed E-state index contributed by atoms with van der Waals surface area (Å²) in [5.41, 5.74) is 6.94. The smallest absolute Gasteiger partial charge is 0.0948 e.